The number of nitrogens with one attached hydrogen (secondary N) is 1. The van der Waals surface area contributed by atoms with Crippen molar-refractivity contribution in [2.24, 2.45) is 5.92 Å². The fourth-order valence-electron chi connectivity index (χ4n) is 3.62. The summed E-state index contributed by atoms with van der Waals surface area (Å²) in [7, 11) is -3.64. The molecule has 2 heterocycles. The summed E-state index contributed by atoms with van der Waals surface area (Å²) < 4.78 is 32.7. The number of piperidine rings is 1. The fourth-order valence-corrected chi connectivity index (χ4v) is 5.12. The number of sulfonamides is 1. The SMILES string of the molecule is CCOC(=O)C1CCN(S(=O)(=O)c2ccc3nc(-c4ccccc4)[nH]c3c2)CC1. The molecule has 0 spiro atoms. The number of benzene rings is 2. The lowest BCUT2D eigenvalue weighted by molar-refractivity contribution is -0.149. The van der Waals surface area contributed by atoms with Gasteiger partial charge in [0.2, 0.25) is 10.0 Å². The van der Waals surface area contributed by atoms with E-state index in [4.69, 9.17) is 4.74 Å². The summed E-state index contributed by atoms with van der Waals surface area (Å²) in [4.78, 5) is 19.9. The Morgan fingerprint density at radius 3 is 2.59 bits per heavy atom. The molecule has 3 aromatic rings. The molecule has 1 N–H and O–H groups in total. The van der Waals surface area contributed by atoms with E-state index in [1.807, 2.05) is 30.3 Å². The Bertz CT molecular complexity index is 1120. The number of aromatic amines is 1. The van der Waals surface area contributed by atoms with Gasteiger partial charge in [-0.3, -0.25) is 4.79 Å². The van der Waals surface area contributed by atoms with Crippen molar-refractivity contribution in [3.8, 4) is 11.4 Å². The Balaban J connectivity index is 1.55. The van der Waals surface area contributed by atoms with Crippen LogP contribution < -0.4 is 0 Å². The van der Waals surface area contributed by atoms with E-state index >= 15 is 0 Å². The monoisotopic (exact) mass is 413 g/mol. The van der Waals surface area contributed by atoms with Gasteiger partial charge in [0.15, 0.2) is 0 Å². The second kappa shape index (κ2) is 7.96. The van der Waals surface area contributed by atoms with Crippen LogP contribution in [0.25, 0.3) is 22.4 Å². The lowest BCUT2D eigenvalue weighted by Crippen LogP contribution is -2.40. The van der Waals surface area contributed by atoms with Crippen molar-refractivity contribution in [1.82, 2.24) is 14.3 Å². The van der Waals surface area contributed by atoms with Crippen LogP contribution in [0.3, 0.4) is 0 Å². The average molecular weight is 413 g/mol. The minimum atomic E-state index is -3.64. The van der Waals surface area contributed by atoms with Crippen LogP contribution in [-0.4, -0.2) is 48.4 Å². The molecule has 152 valence electrons. The second-order valence-corrected chi connectivity index (χ2v) is 9.00. The van der Waals surface area contributed by atoms with Gasteiger partial charge in [-0.1, -0.05) is 30.3 Å². The number of carbonyl (C=O) groups is 1. The maximum Gasteiger partial charge on any atom is 0.309 e. The van der Waals surface area contributed by atoms with Crippen molar-refractivity contribution in [3.63, 3.8) is 0 Å². The normalized spacial score (nSPS) is 16.2. The zero-order valence-corrected chi connectivity index (χ0v) is 17.0. The first-order valence-corrected chi connectivity index (χ1v) is 11.1. The molecule has 0 bridgehead atoms. The standard InChI is InChI=1S/C21H23N3O4S/c1-2-28-21(25)16-10-12-24(13-11-16)29(26,27)17-8-9-18-19(14-17)23-20(22-18)15-6-4-3-5-7-15/h3-9,14,16H,2,10-13H2,1H3,(H,22,23). The van der Waals surface area contributed by atoms with E-state index in [2.05, 4.69) is 9.97 Å². The zero-order chi connectivity index (χ0) is 20.4. The van der Waals surface area contributed by atoms with Crippen molar-refractivity contribution in [2.45, 2.75) is 24.7 Å². The summed E-state index contributed by atoms with van der Waals surface area (Å²) in [5, 5.41) is 0. The van der Waals surface area contributed by atoms with Crippen LogP contribution in [0.2, 0.25) is 0 Å². The number of fused-ring (bicyclic) bond motifs is 1. The first-order chi connectivity index (χ1) is 14.0. The number of carbonyl (C=O) groups excluding carboxylic acids is 1. The van der Waals surface area contributed by atoms with Gasteiger partial charge in [-0.25, -0.2) is 13.4 Å². The molecule has 2 aromatic carbocycles. The Hall–Kier alpha value is -2.71. The molecule has 1 aromatic heterocycles. The number of aromatic nitrogens is 2. The highest BCUT2D eigenvalue weighted by molar-refractivity contribution is 7.89. The van der Waals surface area contributed by atoms with Gasteiger partial charge in [-0.2, -0.15) is 4.31 Å². The molecule has 4 rings (SSSR count). The molecule has 0 atom stereocenters. The van der Waals surface area contributed by atoms with Crippen LogP contribution in [0.15, 0.2) is 53.4 Å². The van der Waals surface area contributed by atoms with Gasteiger partial charge in [-0.05, 0) is 38.0 Å². The number of nitrogens with zero attached hydrogens (tertiary/aromatic N) is 2. The molecule has 29 heavy (non-hydrogen) atoms. The number of ether oxygens (including phenoxy) is 1. The number of hydrogen-bond acceptors (Lipinski definition) is 5. The van der Waals surface area contributed by atoms with Crippen molar-refractivity contribution in [3.05, 3.63) is 48.5 Å². The number of esters is 1. The third kappa shape index (κ3) is 3.90. The molecule has 1 aliphatic rings. The quantitative estimate of drug-likeness (QED) is 0.649. The lowest BCUT2D eigenvalue weighted by Gasteiger charge is -2.30. The number of hydrogen-bond donors (Lipinski definition) is 1. The predicted molar refractivity (Wildman–Crippen MR) is 110 cm³/mol. The van der Waals surface area contributed by atoms with E-state index in [9.17, 15) is 13.2 Å². The molecular formula is C21H23N3O4S. The average Bonchev–Trinajstić information content (AvgIpc) is 3.18. The van der Waals surface area contributed by atoms with Crippen molar-refractivity contribution in [2.75, 3.05) is 19.7 Å². The summed E-state index contributed by atoms with van der Waals surface area (Å²) >= 11 is 0. The lowest BCUT2D eigenvalue weighted by atomic mass is 9.98. The van der Waals surface area contributed by atoms with Crippen LogP contribution in [0.5, 0.6) is 0 Å². The van der Waals surface area contributed by atoms with E-state index in [0.29, 0.717) is 49.4 Å². The zero-order valence-electron chi connectivity index (χ0n) is 16.2. The summed E-state index contributed by atoms with van der Waals surface area (Å²) in [6, 6.07) is 14.6. The highest BCUT2D eigenvalue weighted by atomic mass is 32.2. The van der Waals surface area contributed by atoms with Crippen LogP contribution in [0.1, 0.15) is 19.8 Å². The highest BCUT2D eigenvalue weighted by Gasteiger charge is 2.32. The second-order valence-electron chi connectivity index (χ2n) is 7.06. The smallest absolute Gasteiger partial charge is 0.309 e. The molecular weight excluding hydrogens is 390 g/mol. The molecule has 0 aliphatic carbocycles. The van der Waals surface area contributed by atoms with Gasteiger partial charge in [0.1, 0.15) is 5.82 Å². The van der Waals surface area contributed by atoms with Gasteiger partial charge >= 0.3 is 5.97 Å². The van der Waals surface area contributed by atoms with Crippen LogP contribution in [0.4, 0.5) is 0 Å². The molecule has 8 heteroatoms. The summed E-state index contributed by atoms with van der Waals surface area (Å²) in [5.74, 6) is 0.229. The molecule has 0 unspecified atom stereocenters. The maximum atomic E-state index is 13.1. The Morgan fingerprint density at radius 1 is 1.17 bits per heavy atom. The fraction of sp³-hybridized carbons (Fsp3) is 0.333. The van der Waals surface area contributed by atoms with E-state index in [1.54, 1.807) is 25.1 Å². The molecule has 1 saturated heterocycles. The van der Waals surface area contributed by atoms with Gasteiger partial charge in [0.25, 0.3) is 0 Å². The Kier molecular flexibility index (Phi) is 5.38. The van der Waals surface area contributed by atoms with Gasteiger partial charge in [0.05, 0.1) is 28.5 Å². The highest BCUT2D eigenvalue weighted by Crippen LogP contribution is 2.27. The summed E-state index contributed by atoms with van der Waals surface area (Å²) in [6.07, 6.45) is 0.949. The molecule has 0 amide bonds. The molecule has 1 aliphatic heterocycles. The maximum absolute atomic E-state index is 13.1. The van der Waals surface area contributed by atoms with Crippen LogP contribution >= 0.6 is 0 Å². The largest absolute Gasteiger partial charge is 0.466 e. The van der Waals surface area contributed by atoms with Gasteiger partial charge in [-0.15, -0.1) is 0 Å². The minimum absolute atomic E-state index is 0.225. The number of rotatable bonds is 5. The first kappa shape index (κ1) is 19.6. The Morgan fingerprint density at radius 2 is 1.90 bits per heavy atom. The van der Waals surface area contributed by atoms with Crippen molar-refractivity contribution in [1.29, 1.82) is 0 Å². The van der Waals surface area contributed by atoms with Crippen LogP contribution in [0, 0.1) is 5.92 Å². The third-order valence-corrected chi connectivity index (χ3v) is 7.11. The molecule has 0 radical (unpaired) electrons. The molecule has 7 nitrogen and oxygen atoms in total. The van der Waals surface area contributed by atoms with E-state index in [0.717, 1.165) is 5.56 Å². The van der Waals surface area contributed by atoms with Crippen molar-refractivity contribution >= 4 is 27.0 Å². The van der Waals surface area contributed by atoms with Crippen molar-refractivity contribution < 1.29 is 17.9 Å². The third-order valence-electron chi connectivity index (χ3n) is 5.21. The van der Waals surface area contributed by atoms with Gasteiger partial charge < -0.3 is 9.72 Å². The minimum Gasteiger partial charge on any atom is -0.466 e. The molecule has 0 saturated carbocycles. The number of imidazole rings is 1. The van der Waals surface area contributed by atoms with E-state index in [1.165, 1.54) is 4.31 Å². The molecule has 1 fully saturated rings. The van der Waals surface area contributed by atoms with E-state index in [-0.39, 0.29) is 16.8 Å². The topological polar surface area (TPSA) is 92.4 Å². The summed E-state index contributed by atoms with van der Waals surface area (Å²) in [6.45, 7) is 2.73. The predicted octanol–water partition coefficient (Wildman–Crippen LogP) is 3.19. The number of H-pyrrole nitrogens is 1. The summed E-state index contributed by atoms with van der Waals surface area (Å²) in [5.41, 5.74) is 2.32. The van der Waals surface area contributed by atoms with E-state index < -0.39 is 10.0 Å². The van der Waals surface area contributed by atoms with Gasteiger partial charge in [0, 0.05) is 18.7 Å². The van der Waals surface area contributed by atoms with Crippen LogP contribution in [-0.2, 0) is 19.6 Å². The Labute approximate surface area is 169 Å². The first-order valence-electron chi connectivity index (χ1n) is 9.71.